The molecule has 5 nitrogen and oxygen atoms in total. The van der Waals surface area contributed by atoms with Crippen LogP contribution in [0.1, 0.15) is 12.8 Å². The molecule has 15 heavy (non-hydrogen) atoms. The number of hydrogen-bond donors (Lipinski definition) is 2. The Morgan fingerprint density at radius 2 is 2.20 bits per heavy atom. The van der Waals surface area contributed by atoms with Crippen LogP contribution in [0, 0.1) is 0 Å². The van der Waals surface area contributed by atoms with E-state index >= 15 is 0 Å². The molecule has 2 rings (SSSR count). The SMILES string of the molecule is O=C(O)C1CCC(CNn2cccc2)O1. The first-order valence-electron chi connectivity index (χ1n) is 5.01. The monoisotopic (exact) mass is 210 g/mol. The van der Waals surface area contributed by atoms with Crippen molar-refractivity contribution >= 4 is 5.97 Å². The topological polar surface area (TPSA) is 63.5 Å². The molecule has 0 spiro atoms. The Morgan fingerprint density at radius 1 is 1.47 bits per heavy atom. The summed E-state index contributed by atoms with van der Waals surface area (Å²) >= 11 is 0. The van der Waals surface area contributed by atoms with E-state index in [9.17, 15) is 4.79 Å². The second kappa shape index (κ2) is 4.35. The lowest BCUT2D eigenvalue weighted by molar-refractivity contribution is -0.149. The van der Waals surface area contributed by atoms with Gasteiger partial charge in [0.2, 0.25) is 0 Å². The normalized spacial score (nSPS) is 25.3. The molecule has 2 atom stereocenters. The summed E-state index contributed by atoms with van der Waals surface area (Å²) in [6, 6.07) is 3.84. The van der Waals surface area contributed by atoms with Gasteiger partial charge in [0.25, 0.3) is 0 Å². The van der Waals surface area contributed by atoms with Gasteiger partial charge in [-0.05, 0) is 25.0 Å². The molecular formula is C10H14N2O3. The van der Waals surface area contributed by atoms with Gasteiger partial charge < -0.3 is 15.3 Å². The average Bonchev–Trinajstić information content (AvgIpc) is 2.86. The minimum Gasteiger partial charge on any atom is -0.479 e. The van der Waals surface area contributed by atoms with Gasteiger partial charge in [-0.2, -0.15) is 0 Å². The fraction of sp³-hybridized carbons (Fsp3) is 0.500. The van der Waals surface area contributed by atoms with E-state index in [-0.39, 0.29) is 6.10 Å². The molecule has 2 heterocycles. The lowest BCUT2D eigenvalue weighted by atomic mass is 10.2. The highest BCUT2D eigenvalue weighted by molar-refractivity contribution is 5.72. The van der Waals surface area contributed by atoms with Crippen LogP contribution in [0.5, 0.6) is 0 Å². The molecule has 0 radical (unpaired) electrons. The number of nitrogens with zero attached hydrogens (tertiary/aromatic N) is 1. The minimum absolute atomic E-state index is 0.00602. The van der Waals surface area contributed by atoms with Crippen LogP contribution in [0.2, 0.25) is 0 Å². The smallest absolute Gasteiger partial charge is 0.332 e. The summed E-state index contributed by atoms with van der Waals surface area (Å²) < 4.78 is 7.18. The molecule has 1 aromatic heterocycles. The molecule has 1 aromatic rings. The maximum Gasteiger partial charge on any atom is 0.332 e. The summed E-state index contributed by atoms with van der Waals surface area (Å²) in [5.74, 6) is -0.863. The maximum atomic E-state index is 10.6. The number of carbonyl (C=O) groups is 1. The third kappa shape index (κ3) is 2.50. The van der Waals surface area contributed by atoms with Crippen LogP contribution in [-0.4, -0.2) is 34.5 Å². The molecule has 0 aromatic carbocycles. The van der Waals surface area contributed by atoms with Crippen molar-refractivity contribution < 1.29 is 14.6 Å². The Bertz CT molecular complexity index is 323. The number of aliphatic carboxylic acids is 1. The predicted molar refractivity (Wildman–Crippen MR) is 54.2 cm³/mol. The van der Waals surface area contributed by atoms with Crippen LogP contribution in [0.25, 0.3) is 0 Å². The van der Waals surface area contributed by atoms with Gasteiger partial charge in [-0.15, -0.1) is 0 Å². The molecule has 2 N–H and O–H groups in total. The minimum atomic E-state index is -0.863. The molecule has 0 saturated carbocycles. The molecule has 5 heteroatoms. The first-order chi connectivity index (χ1) is 7.25. The summed E-state index contributed by atoms with van der Waals surface area (Å²) in [4.78, 5) is 10.6. The van der Waals surface area contributed by atoms with Crippen LogP contribution in [0.15, 0.2) is 24.5 Å². The summed E-state index contributed by atoms with van der Waals surface area (Å²) in [6.07, 6.45) is 4.56. The van der Waals surface area contributed by atoms with Gasteiger partial charge in [-0.25, -0.2) is 4.79 Å². The lowest BCUT2D eigenvalue weighted by Gasteiger charge is -2.13. The van der Waals surface area contributed by atoms with Crippen molar-refractivity contribution in [3.63, 3.8) is 0 Å². The third-order valence-corrected chi connectivity index (χ3v) is 2.49. The standard InChI is InChI=1S/C10H14N2O3/c13-10(14)9-4-3-8(15-9)7-11-12-5-1-2-6-12/h1-2,5-6,8-9,11H,3-4,7H2,(H,13,14). The number of aromatic nitrogens is 1. The number of nitrogens with one attached hydrogen (secondary N) is 1. The first kappa shape index (κ1) is 10.0. The van der Waals surface area contributed by atoms with Crippen LogP contribution in [0.4, 0.5) is 0 Å². The Hall–Kier alpha value is -1.49. The highest BCUT2D eigenvalue weighted by Crippen LogP contribution is 2.19. The number of carboxylic acids is 1. The second-order valence-electron chi connectivity index (χ2n) is 3.61. The summed E-state index contributed by atoms with van der Waals surface area (Å²) in [5, 5.41) is 8.73. The number of hydrogen-bond acceptors (Lipinski definition) is 3. The molecule has 1 aliphatic rings. The largest absolute Gasteiger partial charge is 0.479 e. The molecule has 2 unspecified atom stereocenters. The molecule has 0 aliphatic carbocycles. The van der Waals surface area contributed by atoms with E-state index in [2.05, 4.69) is 5.43 Å². The van der Waals surface area contributed by atoms with E-state index in [1.807, 2.05) is 29.2 Å². The molecule has 0 amide bonds. The third-order valence-electron chi connectivity index (χ3n) is 2.49. The molecule has 1 aliphatic heterocycles. The van der Waals surface area contributed by atoms with Gasteiger partial charge in [-0.3, -0.25) is 4.68 Å². The maximum absolute atomic E-state index is 10.6. The molecule has 82 valence electrons. The van der Waals surface area contributed by atoms with E-state index < -0.39 is 12.1 Å². The van der Waals surface area contributed by atoms with Crippen LogP contribution in [-0.2, 0) is 9.53 Å². The Morgan fingerprint density at radius 3 is 2.80 bits per heavy atom. The van der Waals surface area contributed by atoms with Crippen molar-refractivity contribution in [2.45, 2.75) is 25.0 Å². The van der Waals surface area contributed by atoms with Gasteiger partial charge in [0, 0.05) is 12.4 Å². The van der Waals surface area contributed by atoms with Crippen LogP contribution < -0.4 is 5.43 Å². The van der Waals surface area contributed by atoms with E-state index in [4.69, 9.17) is 9.84 Å². The quantitative estimate of drug-likeness (QED) is 0.766. The zero-order valence-corrected chi connectivity index (χ0v) is 8.30. The molecule has 1 fully saturated rings. The van der Waals surface area contributed by atoms with Crippen molar-refractivity contribution in [1.82, 2.24) is 4.68 Å². The van der Waals surface area contributed by atoms with E-state index in [0.717, 1.165) is 6.42 Å². The number of ether oxygens (including phenoxy) is 1. The zero-order valence-electron chi connectivity index (χ0n) is 8.30. The van der Waals surface area contributed by atoms with Gasteiger partial charge in [0.1, 0.15) is 0 Å². The van der Waals surface area contributed by atoms with Crippen molar-refractivity contribution in [3.05, 3.63) is 24.5 Å². The summed E-state index contributed by atoms with van der Waals surface area (Å²) in [7, 11) is 0. The predicted octanol–water partition coefficient (Wildman–Crippen LogP) is 0.664. The van der Waals surface area contributed by atoms with Crippen LogP contribution >= 0.6 is 0 Å². The number of rotatable bonds is 4. The molecular weight excluding hydrogens is 196 g/mol. The van der Waals surface area contributed by atoms with Crippen LogP contribution in [0.3, 0.4) is 0 Å². The number of carboxylic acid groups (broad SMARTS) is 1. The van der Waals surface area contributed by atoms with Crippen molar-refractivity contribution in [2.24, 2.45) is 0 Å². The summed E-state index contributed by atoms with van der Waals surface area (Å²) in [5.41, 5.74) is 3.12. The Kier molecular flexibility index (Phi) is 2.91. The highest BCUT2D eigenvalue weighted by Gasteiger charge is 2.30. The average molecular weight is 210 g/mol. The first-order valence-corrected chi connectivity index (χ1v) is 5.01. The fourth-order valence-corrected chi connectivity index (χ4v) is 1.68. The van der Waals surface area contributed by atoms with Crippen molar-refractivity contribution in [2.75, 3.05) is 12.0 Å². The van der Waals surface area contributed by atoms with Gasteiger partial charge in [0.15, 0.2) is 6.10 Å². The van der Waals surface area contributed by atoms with Crippen molar-refractivity contribution in [1.29, 1.82) is 0 Å². The van der Waals surface area contributed by atoms with Gasteiger partial charge >= 0.3 is 5.97 Å². The Balaban J connectivity index is 1.75. The van der Waals surface area contributed by atoms with E-state index in [0.29, 0.717) is 13.0 Å². The highest BCUT2D eigenvalue weighted by atomic mass is 16.5. The van der Waals surface area contributed by atoms with E-state index in [1.165, 1.54) is 0 Å². The second-order valence-corrected chi connectivity index (χ2v) is 3.61. The lowest BCUT2D eigenvalue weighted by Crippen LogP contribution is -2.27. The molecule has 1 saturated heterocycles. The van der Waals surface area contributed by atoms with Gasteiger partial charge in [-0.1, -0.05) is 0 Å². The fourth-order valence-electron chi connectivity index (χ4n) is 1.68. The Labute approximate surface area is 87.6 Å². The van der Waals surface area contributed by atoms with Crippen molar-refractivity contribution in [3.8, 4) is 0 Å². The zero-order chi connectivity index (χ0) is 10.7. The van der Waals surface area contributed by atoms with Gasteiger partial charge in [0.05, 0.1) is 12.6 Å². The molecule has 0 bridgehead atoms. The van der Waals surface area contributed by atoms with E-state index in [1.54, 1.807) is 0 Å². The summed E-state index contributed by atoms with van der Waals surface area (Å²) in [6.45, 7) is 0.637.